The number of aryl methyl sites for hydroxylation is 1. The second-order valence-corrected chi connectivity index (χ2v) is 7.27. The summed E-state index contributed by atoms with van der Waals surface area (Å²) in [5, 5.41) is 1.22. The summed E-state index contributed by atoms with van der Waals surface area (Å²) in [4.78, 5) is 23.3. The average Bonchev–Trinajstić information content (AvgIpc) is 3.34. The molecule has 6 nitrogen and oxygen atoms in total. The van der Waals surface area contributed by atoms with Crippen LogP contribution in [0.15, 0.2) is 48.7 Å². The smallest absolute Gasteiger partial charge is 0.276 e. The summed E-state index contributed by atoms with van der Waals surface area (Å²) in [7, 11) is 0. The first-order chi connectivity index (χ1) is 13.2. The number of rotatable bonds is 2. The highest BCUT2D eigenvalue weighted by molar-refractivity contribution is 6.99. The molecule has 0 spiro atoms. The summed E-state index contributed by atoms with van der Waals surface area (Å²) in [6.45, 7) is 2.58. The van der Waals surface area contributed by atoms with Gasteiger partial charge >= 0.3 is 0 Å². The van der Waals surface area contributed by atoms with Crippen molar-refractivity contribution in [2.45, 2.75) is 19.4 Å². The summed E-state index contributed by atoms with van der Waals surface area (Å²) in [5.41, 5.74) is 5.57. The fourth-order valence-electron chi connectivity index (χ4n) is 3.89. The molecule has 27 heavy (non-hydrogen) atoms. The van der Waals surface area contributed by atoms with Crippen LogP contribution in [-0.2, 0) is 6.42 Å². The number of hydrogen-bond donors (Lipinski definition) is 1. The number of carbonyl (C=O) groups is 1. The van der Waals surface area contributed by atoms with Gasteiger partial charge in [-0.1, -0.05) is 24.3 Å². The molecule has 1 N–H and O–H groups in total. The molecule has 5 rings (SSSR count). The second kappa shape index (κ2) is 6.28. The van der Waals surface area contributed by atoms with Gasteiger partial charge < -0.3 is 9.88 Å². The molecule has 0 radical (unpaired) electrons. The van der Waals surface area contributed by atoms with E-state index in [4.69, 9.17) is 4.98 Å². The Bertz CT molecular complexity index is 1130. The van der Waals surface area contributed by atoms with E-state index in [9.17, 15) is 4.79 Å². The van der Waals surface area contributed by atoms with Crippen LogP contribution in [0.5, 0.6) is 0 Å². The van der Waals surface area contributed by atoms with E-state index in [-0.39, 0.29) is 11.9 Å². The number of para-hydroxylation sites is 1. The van der Waals surface area contributed by atoms with E-state index in [0.29, 0.717) is 12.2 Å². The van der Waals surface area contributed by atoms with Crippen LogP contribution < -0.4 is 0 Å². The molecular formula is C20H17N5OS. The number of aromatic nitrogens is 4. The van der Waals surface area contributed by atoms with Gasteiger partial charge in [-0.15, -0.1) is 0 Å². The molecule has 0 fully saturated rings. The number of nitrogens with zero attached hydrogens (tertiary/aromatic N) is 4. The maximum absolute atomic E-state index is 13.1. The van der Waals surface area contributed by atoms with Crippen molar-refractivity contribution in [1.82, 2.24) is 23.6 Å². The number of aromatic amines is 1. The molecule has 3 aromatic heterocycles. The number of H-pyrrole nitrogens is 1. The summed E-state index contributed by atoms with van der Waals surface area (Å²) in [6.07, 6.45) is 2.33. The molecule has 0 saturated heterocycles. The quantitative estimate of drug-likeness (QED) is 0.582. The van der Waals surface area contributed by atoms with Crippen molar-refractivity contribution in [3.8, 4) is 0 Å². The van der Waals surface area contributed by atoms with Crippen LogP contribution in [0.3, 0.4) is 0 Å². The minimum absolute atomic E-state index is 0.110. The first-order valence-corrected chi connectivity index (χ1v) is 9.57. The predicted octanol–water partition coefficient (Wildman–Crippen LogP) is 3.51. The third-order valence-corrected chi connectivity index (χ3v) is 5.54. The molecule has 4 heterocycles. The molecule has 1 amide bonds. The van der Waals surface area contributed by atoms with Gasteiger partial charge in [0.1, 0.15) is 6.04 Å². The van der Waals surface area contributed by atoms with E-state index in [2.05, 4.69) is 31.9 Å². The zero-order chi connectivity index (χ0) is 18.4. The zero-order valence-corrected chi connectivity index (χ0v) is 15.5. The van der Waals surface area contributed by atoms with Crippen molar-refractivity contribution in [1.29, 1.82) is 0 Å². The largest absolute Gasteiger partial charge is 0.356 e. The highest BCUT2D eigenvalue weighted by Gasteiger charge is 2.36. The van der Waals surface area contributed by atoms with Crippen LogP contribution in [0.1, 0.15) is 39.2 Å². The predicted molar refractivity (Wildman–Crippen MR) is 104 cm³/mol. The van der Waals surface area contributed by atoms with Crippen LogP contribution in [-0.4, -0.2) is 36.1 Å². The van der Waals surface area contributed by atoms with E-state index in [0.717, 1.165) is 40.7 Å². The molecular weight excluding hydrogens is 358 g/mol. The Labute approximate surface area is 160 Å². The van der Waals surface area contributed by atoms with Crippen molar-refractivity contribution in [2.24, 2.45) is 0 Å². The Morgan fingerprint density at radius 3 is 2.93 bits per heavy atom. The molecule has 7 heteroatoms. The average molecular weight is 375 g/mol. The number of nitrogens with one attached hydrogen (secondary N) is 1. The fraction of sp³-hybridized carbons (Fsp3) is 0.200. The lowest BCUT2D eigenvalue weighted by Crippen LogP contribution is -2.41. The standard InChI is InChI=1S/C20H17N5OS/c1-12-5-4-8-16(22-12)19-18-14(13-6-2-3-7-15(13)23-18)9-10-25(19)20(26)17-11-21-27-24-17/h2-8,11,19,23H,9-10H2,1H3/t19-/m0/s1. The van der Waals surface area contributed by atoms with E-state index >= 15 is 0 Å². The minimum Gasteiger partial charge on any atom is -0.356 e. The number of hydrogen-bond acceptors (Lipinski definition) is 5. The van der Waals surface area contributed by atoms with Crippen molar-refractivity contribution in [2.75, 3.05) is 6.54 Å². The summed E-state index contributed by atoms with van der Waals surface area (Å²) >= 11 is 1.05. The third kappa shape index (κ3) is 2.62. The van der Waals surface area contributed by atoms with Crippen LogP contribution in [0.4, 0.5) is 0 Å². The Balaban J connectivity index is 1.70. The first-order valence-electron chi connectivity index (χ1n) is 8.84. The number of benzene rings is 1. The lowest BCUT2D eigenvalue weighted by molar-refractivity contribution is 0.0683. The van der Waals surface area contributed by atoms with E-state index in [1.54, 1.807) is 0 Å². The van der Waals surface area contributed by atoms with Gasteiger partial charge in [-0.05, 0) is 37.1 Å². The Morgan fingerprint density at radius 2 is 2.11 bits per heavy atom. The SMILES string of the molecule is Cc1cccc([C@H]2c3[nH]c4ccccc4c3CCN2C(=O)c2cnsn2)n1. The minimum atomic E-state index is -0.268. The zero-order valence-electron chi connectivity index (χ0n) is 14.7. The number of amides is 1. The molecule has 0 unspecified atom stereocenters. The van der Waals surface area contributed by atoms with Gasteiger partial charge in [0.15, 0.2) is 5.69 Å². The van der Waals surface area contributed by atoms with Gasteiger partial charge in [0.05, 0.1) is 23.6 Å². The Kier molecular flexibility index (Phi) is 3.75. The fourth-order valence-corrected chi connectivity index (χ4v) is 4.30. The maximum atomic E-state index is 13.1. The first kappa shape index (κ1) is 16.1. The lowest BCUT2D eigenvalue weighted by atomic mass is 9.94. The Morgan fingerprint density at radius 1 is 1.22 bits per heavy atom. The van der Waals surface area contributed by atoms with Crippen molar-refractivity contribution in [3.05, 3.63) is 77.0 Å². The molecule has 1 aliphatic rings. The number of pyridine rings is 1. The molecule has 1 aromatic carbocycles. The van der Waals surface area contributed by atoms with Crippen LogP contribution in [0.2, 0.25) is 0 Å². The molecule has 1 atom stereocenters. The molecule has 1 aliphatic heterocycles. The van der Waals surface area contributed by atoms with Gasteiger partial charge in [0.25, 0.3) is 5.91 Å². The summed E-state index contributed by atoms with van der Waals surface area (Å²) in [6, 6.07) is 13.9. The van der Waals surface area contributed by atoms with Gasteiger partial charge in [0.2, 0.25) is 0 Å². The third-order valence-electron chi connectivity index (χ3n) is 5.07. The highest BCUT2D eigenvalue weighted by atomic mass is 32.1. The molecule has 0 bridgehead atoms. The van der Waals surface area contributed by atoms with Gasteiger partial charge in [-0.3, -0.25) is 9.78 Å². The summed E-state index contributed by atoms with van der Waals surface area (Å²) < 4.78 is 8.13. The molecule has 0 saturated carbocycles. The van der Waals surface area contributed by atoms with Gasteiger partial charge in [0, 0.05) is 28.8 Å². The second-order valence-electron chi connectivity index (χ2n) is 6.71. The van der Waals surface area contributed by atoms with E-state index in [1.165, 1.54) is 17.1 Å². The molecule has 4 aromatic rings. The monoisotopic (exact) mass is 375 g/mol. The normalized spacial score (nSPS) is 16.5. The highest BCUT2D eigenvalue weighted by Crippen LogP contribution is 2.38. The van der Waals surface area contributed by atoms with Gasteiger partial charge in [-0.25, -0.2) is 0 Å². The van der Waals surface area contributed by atoms with E-state index < -0.39 is 0 Å². The van der Waals surface area contributed by atoms with Crippen LogP contribution in [0.25, 0.3) is 10.9 Å². The Hall–Kier alpha value is -3.06. The van der Waals surface area contributed by atoms with Gasteiger partial charge in [-0.2, -0.15) is 8.75 Å². The summed E-state index contributed by atoms with van der Waals surface area (Å²) in [5.74, 6) is -0.110. The van der Waals surface area contributed by atoms with Crippen molar-refractivity contribution < 1.29 is 4.79 Å². The van der Waals surface area contributed by atoms with Crippen molar-refractivity contribution in [3.63, 3.8) is 0 Å². The lowest BCUT2D eigenvalue weighted by Gasteiger charge is -2.35. The van der Waals surface area contributed by atoms with Crippen LogP contribution >= 0.6 is 11.7 Å². The maximum Gasteiger partial charge on any atom is 0.276 e. The number of fused-ring (bicyclic) bond motifs is 3. The molecule has 0 aliphatic carbocycles. The van der Waals surface area contributed by atoms with E-state index in [1.807, 2.05) is 36.1 Å². The number of carbonyl (C=O) groups excluding carboxylic acids is 1. The molecule has 134 valence electrons. The van der Waals surface area contributed by atoms with Crippen molar-refractivity contribution >= 4 is 28.5 Å². The topological polar surface area (TPSA) is 74.8 Å². The van der Waals surface area contributed by atoms with Crippen LogP contribution in [0, 0.1) is 6.92 Å².